The van der Waals surface area contributed by atoms with Gasteiger partial charge < -0.3 is 10.4 Å². The maximum Gasteiger partial charge on any atom is 0.0626 e. The van der Waals surface area contributed by atoms with E-state index in [0.717, 1.165) is 31.3 Å². The minimum absolute atomic E-state index is 0.0255. The summed E-state index contributed by atoms with van der Waals surface area (Å²) in [5.74, 6) is 1.79. The molecule has 0 radical (unpaired) electrons. The summed E-state index contributed by atoms with van der Waals surface area (Å²) >= 11 is 0. The molecule has 1 aliphatic heterocycles. The third-order valence-corrected chi connectivity index (χ3v) is 3.76. The predicted octanol–water partition coefficient (Wildman–Crippen LogP) is -0.0233. The van der Waals surface area contributed by atoms with Gasteiger partial charge in [0.2, 0.25) is 0 Å². The average molecular weight is 139 g/mol. The highest BCUT2D eigenvalue weighted by Crippen LogP contribution is 2.63. The molecule has 0 amide bonds. The summed E-state index contributed by atoms with van der Waals surface area (Å²) in [7, 11) is 0. The van der Waals surface area contributed by atoms with Gasteiger partial charge in [0.15, 0.2) is 0 Å². The van der Waals surface area contributed by atoms with Crippen LogP contribution in [-0.4, -0.2) is 24.3 Å². The molecule has 1 spiro atoms. The van der Waals surface area contributed by atoms with E-state index in [1.807, 2.05) is 0 Å². The first-order chi connectivity index (χ1) is 4.83. The molecule has 2 aliphatic carbocycles. The zero-order valence-corrected chi connectivity index (χ0v) is 6.01. The van der Waals surface area contributed by atoms with Crippen LogP contribution in [0.25, 0.3) is 0 Å². The summed E-state index contributed by atoms with van der Waals surface area (Å²) in [4.78, 5) is 0. The molecule has 0 aromatic rings. The SMILES string of the molecule is OC1CC2CC2C12CNC2. The zero-order valence-electron chi connectivity index (χ0n) is 6.01. The lowest BCUT2D eigenvalue weighted by Crippen LogP contribution is -2.59. The number of rotatable bonds is 0. The monoisotopic (exact) mass is 139 g/mol. The molecule has 3 fully saturated rings. The fraction of sp³-hybridized carbons (Fsp3) is 1.00. The Hall–Kier alpha value is -0.0800. The molecule has 2 nitrogen and oxygen atoms in total. The quantitative estimate of drug-likeness (QED) is 0.494. The van der Waals surface area contributed by atoms with Gasteiger partial charge in [0.25, 0.3) is 0 Å². The van der Waals surface area contributed by atoms with Crippen molar-refractivity contribution >= 4 is 0 Å². The van der Waals surface area contributed by atoms with Gasteiger partial charge in [-0.2, -0.15) is 0 Å². The van der Waals surface area contributed by atoms with E-state index < -0.39 is 0 Å². The predicted molar refractivity (Wildman–Crippen MR) is 37.5 cm³/mol. The van der Waals surface area contributed by atoms with E-state index in [4.69, 9.17) is 0 Å². The van der Waals surface area contributed by atoms with Crippen LogP contribution < -0.4 is 5.32 Å². The van der Waals surface area contributed by atoms with Gasteiger partial charge in [-0.25, -0.2) is 0 Å². The van der Waals surface area contributed by atoms with Crippen LogP contribution in [0.5, 0.6) is 0 Å². The van der Waals surface area contributed by atoms with Gasteiger partial charge >= 0.3 is 0 Å². The Morgan fingerprint density at radius 1 is 1.30 bits per heavy atom. The summed E-state index contributed by atoms with van der Waals surface area (Å²) in [5.41, 5.74) is 0.352. The van der Waals surface area contributed by atoms with Crippen molar-refractivity contribution in [3.8, 4) is 0 Å². The Kier molecular flexibility index (Phi) is 0.783. The maximum absolute atomic E-state index is 9.66. The Balaban J connectivity index is 1.92. The second-order valence-corrected chi connectivity index (χ2v) is 4.19. The van der Waals surface area contributed by atoms with E-state index in [1.54, 1.807) is 0 Å². The number of fused-ring (bicyclic) bond motifs is 2. The molecule has 0 bridgehead atoms. The van der Waals surface area contributed by atoms with Crippen LogP contribution >= 0.6 is 0 Å². The number of aliphatic hydroxyl groups excluding tert-OH is 1. The van der Waals surface area contributed by atoms with Crippen LogP contribution in [-0.2, 0) is 0 Å². The lowest BCUT2D eigenvalue weighted by molar-refractivity contribution is -0.0101. The fourth-order valence-corrected chi connectivity index (χ4v) is 2.89. The highest BCUT2D eigenvalue weighted by molar-refractivity contribution is 5.16. The average Bonchev–Trinajstić information content (AvgIpc) is 2.40. The van der Waals surface area contributed by atoms with Crippen LogP contribution in [0.1, 0.15) is 12.8 Å². The van der Waals surface area contributed by atoms with Crippen molar-refractivity contribution in [2.75, 3.05) is 13.1 Å². The Morgan fingerprint density at radius 3 is 2.40 bits per heavy atom. The van der Waals surface area contributed by atoms with Gasteiger partial charge in [0.05, 0.1) is 6.10 Å². The molecule has 3 atom stereocenters. The molecule has 1 heterocycles. The molecular weight excluding hydrogens is 126 g/mol. The van der Waals surface area contributed by atoms with Crippen LogP contribution in [0.2, 0.25) is 0 Å². The Bertz CT molecular complexity index is 172. The molecule has 3 unspecified atom stereocenters. The molecule has 3 rings (SSSR count). The summed E-state index contributed by atoms with van der Waals surface area (Å²) in [6.45, 7) is 2.16. The Labute approximate surface area is 60.6 Å². The van der Waals surface area contributed by atoms with Crippen molar-refractivity contribution in [3.63, 3.8) is 0 Å². The van der Waals surface area contributed by atoms with Gasteiger partial charge in [0, 0.05) is 18.5 Å². The molecule has 2 heteroatoms. The minimum atomic E-state index is 0.0255. The van der Waals surface area contributed by atoms with E-state index in [9.17, 15) is 5.11 Å². The molecule has 10 heavy (non-hydrogen) atoms. The van der Waals surface area contributed by atoms with Crippen molar-refractivity contribution in [1.29, 1.82) is 0 Å². The second-order valence-electron chi connectivity index (χ2n) is 4.19. The van der Waals surface area contributed by atoms with Crippen LogP contribution in [0, 0.1) is 17.3 Å². The van der Waals surface area contributed by atoms with E-state index in [-0.39, 0.29) is 6.10 Å². The van der Waals surface area contributed by atoms with Crippen LogP contribution in [0.15, 0.2) is 0 Å². The molecule has 56 valence electrons. The molecule has 2 N–H and O–H groups in total. The molecule has 1 saturated heterocycles. The minimum Gasteiger partial charge on any atom is -0.392 e. The van der Waals surface area contributed by atoms with E-state index in [1.165, 1.54) is 6.42 Å². The number of nitrogens with one attached hydrogen (secondary N) is 1. The molecule has 2 saturated carbocycles. The summed E-state index contributed by atoms with van der Waals surface area (Å²) in [6.07, 6.45) is 2.52. The number of hydrogen-bond donors (Lipinski definition) is 2. The van der Waals surface area contributed by atoms with Crippen molar-refractivity contribution in [3.05, 3.63) is 0 Å². The fourth-order valence-electron chi connectivity index (χ4n) is 2.89. The normalized spacial score (nSPS) is 54.3. The standard InChI is InChI=1S/C8H13NO/c10-7-2-5-1-6(5)8(7)3-9-4-8/h5-7,9-10H,1-4H2. The zero-order chi connectivity index (χ0) is 6.77. The van der Waals surface area contributed by atoms with E-state index in [0.29, 0.717) is 5.41 Å². The second kappa shape index (κ2) is 1.41. The molecule has 0 aromatic carbocycles. The number of hydrogen-bond acceptors (Lipinski definition) is 2. The summed E-state index contributed by atoms with van der Waals surface area (Å²) in [6, 6.07) is 0. The summed E-state index contributed by atoms with van der Waals surface area (Å²) in [5, 5.41) is 12.9. The van der Waals surface area contributed by atoms with Crippen LogP contribution in [0.4, 0.5) is 0 Å². The Morgan fingerprint density at radius 2 is 2.10 bits per heavy atom. The van der Waals surface area contributed by atoms with E-state index in [2.05, 4.69) is 5.32 Å². The van der Waals surface area contributed by atoms with Crippen molar-refractivity contribution in [2.24, 2.45) is 17.3 Å². The van der Waals surface area contributed by atoms with Gasteiger partial charge in [-0.1, -0.05) is 0 Å². The first kappa shape index (κ1) is 5.56. The van der Waals surface area contributed by atoms with Gasteiger partial charge in [-0.15, -0.1) is 0 Å². The molecule has 3 aliphatic rings. The third kappa shape index (κ3) is 0.424. The van der Waals surface area contributed by atoms with Gasteiger partial charge in [0.1, 0.15) is 0 Å². The molecular formula is C8H13NO. The highest BCUT2D eigenvalue weighted by atomic mass is 16.3. The largest absolute Gasteiger partial charge is 0.392 e. The van der Waals surface area contributed by atoms with E-state index >= 15 is 0 Å². The van der Waals surface area contributed by atoms with Crippen molar-refractivity contribution in [2.45, 2.75) is 18.9 Å². The highest BCUT2D eigenvalue weighted by Gasteiger charge is 2.64. The summed E-state index contributed by atoms with van der Waals surface area (Å²) < 4.78 is 0. The van der Waals surface area contributed by atoms with Crippen LogP contribution in [0.3, 0.4) is 0 Å². The van der Waals surface area contributed by atoms with Gasteiger partial charge in [-0.3, -0.25) is 0 Å². The maximum atomic E-state index is 9.66. The molecule has 0 aromatic heterocycles. The van der Waals surface area contributed by atoms with Crippen molar-refractivity contribution in [1.82, 2.24) is 5.32 Å². The van der Waals surface area contributed by atoms with Gasteiger partial charge in [-0.05, 0) is 24.7 Å². The topological polar surface area (TPSA) is 32.3 Å². The number of aliphatic hydroxyl groups is 1. The first-order valence-electron chi connectivity index (χ1n) is 4.22. The third-order valence-electron chi connectivity index (χ3n) is 3.76. The lowest BCUT2D eigenvalue weighted by atomic mass is 9.75. The lowest BCUT2D eigenvalue weighted by Gasteiger charge is -2.44. The van der Waals surface area contributed by atoms with Crippen molar-refractivity contribution < 1.29 is 5.11 Å². The smallest absolute Gasteiger partial charge is 0.0626 e. The first-order valence-corrected chi connectivity index (χ1v) is 4.22.